The molecule has 2 aromatic carbocycles. The molecule has 6 heterocycles. The van der Waals surface area contributed by atoms with Gasteiger partial charge < -0.3 is 46.8 Å². The highest BCUT2D eigenvalue weighted by Crippen LogP contribution is 2.39. The van der Waals surface area contributed by atoms with Crippen molar-refractivity contribution in [2.75, 3.05) is 28.4 Å². The number of aromatic nitrogens is 8. The summed E-state index contributed by atoms with van der Waals surface area (Å²) in [5.74, 6) is 4.04. The van der Waals surface area contributed by atoms with Crippen molar-refractivity contribution in [3.63, 3.8) is 0 Å². The first-order valence-electron chi connectivity index (χ1n) is 21.4. The van der Waals surface area contributed by atoms with Gasteiger partial charge in [-0.15, -0.1) is 20.4 Å². The molecular weight excluding hydrogens is 953 g/mol. The number of nitrogens with zero attached hydrogens (tertiary/aromatic N) is 8. The van der Waals surface area contributed by atoms with Gasteiger partial charge in [-0.3, -0.25) is 9.13 Å². The van der Waals surface area contributed by atoms with Crippen LogP contribution >= 0.6 is 0 Å². The lowest BCUT2D eigenvalue weighted by Gasteiger charge is -2.19. The van der Waals surface area contributed by atoms with E-state index in [2.05, 4.69) is 30.4 Å². The van der Waals surface area contributed by atoms with Crippen molar-refractivity contribution in [2.24, 2.45) is 0 Å². The van der Waals surface area contributed by atoms with Crippen LogP contribution in [0.4, 0.5) is 0 Å². The average molecular weight is 1010 g/mol. The summed E-state index contributed by atoms with van der Waals surface area (Å²) in [4.78, 5) is 8.10. The molecule has 372 valence electrons. The lowest BCUT2D eigenvalue weighted by Crippen LogP contribution is -2.28. The lowest BCUT2D eigenvalue weighted by atomic mass is 10.2. The van der Waals surface area contributed by atoms with E-state index in [9.17, 15) is 27.0 Å². The van der Waals surface area contributed by atoms with Gasteiger partial charge in [0.15, 0.2) is 54.6 Å². The fraction of sp³-hybridized carbons (Fsp3) is 0.348. The Balaban J connectivity index is 0.000000206. The number of methoxy groups -OCH3 is 4. The summed E-state index contributed by atoms with van der Waals surface area (Å²) in [5, 5.41) is 35.7. The molecule has 2 N–H and O–H groups in total. The summed E-state index contributed by atoms with van der Waals surface area (Å²) in [6, 6.07) is 17.3. The number of aliphatic hydroxyl groups excluding tert-OH is 2. The first-order chi connectivity index (χ1) is 33.3. The van der Waals surface area contributed by atoms with E-state index in [1.165, 1.54) is 63.9 Å². The number of benzene rings is 2. The van der Waals surface area contributed by atoms with E-state index < -0.39 is 53.9 Å². The second kappa shape index (κ2) is 20.8. The number of ether oxygens (including phenoxy) is 4. The normalized spacial score (nSPS) is 13.5. The highest BCUT2D eigenvalue weighted by Gasteiger charge is 2.36. The van der Waals surface area contributed by atoms with Crippen LogP contribution in [0.25, 0.3) is 34.5 Å². The van der Waals surface area contributed by atoms with E-state index in [-0.39, 0.29) is 34.7 Å². The summed E-state index contributed by atoms with van der Waals surface area (Å²) in [6.07, 6.45) is -0.291. The van der Waals surface area contributed by atoms with Crippen LogP contribution in [0.5, 0.6) is 23.0 Å². The molecule has 22 nitrogen and oxygen atoms in total. The minimum Gasteiger partial charge on any atom is -0.494 e. The SMILES string of the molecule is COc1cccc(OC)c1-n1c(CS(=O)(=O)[C@@H](C)[C@H](O)c2coc(C)n2)nnc1-c1ccc(C)o1.COc1cccc(OC)c1-n1c(CS(=O)(=O)[C@H](C)[C@@H](O)c2coc(C)n2)nnc1-c1ccc(C)o1. The molecule has 4 atom stereocenters. The predicted octanol–water partition coefficient (Wildman–Crippen LogP) is 6.37. The number of hydrogen-bond acceptors (Lipinski definition) is 20. The number of aliphatic hydroxyl groups is 2. The van der Waals surface area contributed by atoms with Crippen molar-refractivity contribution >= 4 is 19.7 Å². The zero-order valence-corrected chi connectivity index (χ0v) is 41.5. The van der Waals surface area contributed by atoms with E-state index >= 15 is 0 Å². The zero-order valence-electron chi connectivity index (χ0n) is 39.8. The Morgan fingerprint density at radius 1 is 0.543 bits per heavy atom. The van der Waals surface area contributed by atoms with Crippen LogP contribution in [-0.4, -0.2) is 105 Å². The third-order valence-corrected chi connectivity index (χ3v) is 15.3. The van der Waals surface area contributed by atoms with Gasteiger partial charge in [-0.2, -0.15) is 0 Å². The number of para-hydroxylation sites is 2. The van der Waals surface area contributed by atoms with Crippen LogP contribution in [0.1, 0.15) is 72.4 Å². The molecule has 0 unspecified atom stereocenters. The molecule has 0 saturated heterocycles. The van der Waals surface area contributed by atoms with Crippen molar-refractivity contribution < 1.29 is 63.7 Å². The molecule has 0 radical (unpaired) electrons. The van der Waals surface area contributed by atoms with Gasteiger partial charge in [-0.25, -0.2) is 26.8 Å². The Bertz CT molecular complexity index is 3050. The Labute approximate surface area is 402 Å². The van der Waals surface area contributed by atoms with Crippen molar-refractivity contribution in [1.82, 2.24) is 39.5 Å². The van der Waals surface area contributed by atoms with Crippen molar-refractivity contribution in [3.8, 4) is 57.5 Å². The summed E-state index contributed by atoms with van der Waals surface area (Å²) in [5.41, 5.74) is 1.10. The Hall–Kier alpha value is -7.28. The van der Waals surface area contributed by atoms with Gasteiger partial charge in [-0.05, 0) is 76.2 Å². The maximum Gasteiger partial charge on any atom is 0.204 e. The van der Waals surface area contributed by atoms with Gasteiger partial charge in [0.25, 0.3) is 0 Å². The number of aryl methyl sites for hydroxylation is 4. The maximum absolute atomic E-state index is 13.4. The smallest absolute Gasteiger partial charge is 0.204 e. The first kappa shape index (κ1) is 50.6. The second-order valence-electron chi connectivity index (χ2n) is 15.9. The summed E-state index contributed by atoms with van der Waals surface area (Å²) in [7, 11) is -1.93. The molecule has 0 saturated carbocycles. The molecule has 0 aliphatic heterocycles. The Kier molecular flexibility index (Phi) is 15.0. The molecule has 0 spiro atoms. The summed E-state index contributed by atoms with van der Waals surface area (Å²) >= 11 is 0. The molecule has 0 bridgehead atoms. The highest BCUT2D eigenvalue weighted by atomic mass is 32.2. The molecule has 70 heavy (non-hydrogen) atoms. The quantitative estimate of drug-likeness (QED) is 0.0943. The number of sulfone groups is 2. The lowest BCUT2D eigenvalue weighted by molar-refractivity contribution is 0.170. The van der Waals surface area contributed by atoms with Gasteiger partial charge in [0.05, 0.1) is 38.9 Å². The van der Waals surface area contributed by atoms with Crippen LogP contribution < -0.4 is 18.9 Å². The molecule has 8 aromatic rings. The predicted molar refractivity (Wildman–Crippen MR) is 250 cm³/mol. The third-order valence-electron chi connectivity index (χ3n) is 11.2. The van der Waals surface area contributed by atoms with Crippen LogP contribution in [0.15, 0.2) is 90.9 Å². The highest BCUT2D eigenvalue weighted by molar-refractivity contribution is 7.91. The molecule has 8 rings (SSSR count). The van der Waals surface area contributed by atoms with Crippen LogP contribution in [0, 0.1) is 27.7 Å². The van der Waals surface area contributed by atoms with Gasteiger partial charge in [0.2, 0.25) is 11.6 Å². The van der Waals surface area contributed by atoms with Gasteiger partial charge in [-0.1, -0.05) is 12.1 Å². The van der Waals surface area contributed by atoms with E-state index in [1.54, 1.807) is 88.4 Å². The molecule has 24 heteroatoms. The fourth-order valence-corrected chi connectivity index (χ4v) is 10.0. The minimum atomic E-state index is -3.95. The van der Waals surface area contributed by atoms with Crippen molar-refractivity contribution in [3.05, 3.63) is 120 Å². The second-order valence-corrected chi connectivity index (χ2v) is 20.6. The molecule has 6 aromatic heterocycles. The standard InChI is InChI=1S/2C23H26N4O7S/c2*1-13-9-10-19(34-13)23-26-25-20(27(23)21-17(31-4)7-6-8-18(21)32-5)12-35(29,30)14(2)22(28)16-11-33-15(3)24-16/h2*6-11,14,22,28H,12H2,1-5H3/t2*14-,22-/m10/s1. The van der Waals surface area contributed by atoms with E-state index in [0.29, 0.717) is 69.2 Å². The summed E-state index contributed by atoms with van der Waals surface area (Å²) < 4.78 is 101. The largest absolute Gasteiger partial charge is 0.494 e. The monoisotopic (exact) mass is 1000 g/mol. The van der Waals surface area contributed by atoms with Gasteiger partial charge >= 0.3 is 0 Å². The maximum atomic E-state index is 13.4. The molecule has 0 fully saturated rings. The number of furan rings is 2. The third kappa shape index (κ3) is 10.3. The number of hydrogen-bond donors (Lipinski definition) is 2. The summed E-state index contributed by atoms with van der Waals surface area (Å²) in [6.45, 7) is 9.60. The van der Waals surface area contributed by atoms with Crippen LogP contribution in [0.2, 0.25) is 0 Å². The fourth-order valence-electron chi connectivity index (χ4n) is 7.35. The first-order valence-corrected chi connectivity index (χ1v) is 24.8. The van der Waals surface area contributed by atoms with Crippen LogP contribution in [-0.2, 0) is 31.2 Å². The number of rotatable bonds is 18. The zero-order chi connectivity index (χ0) is 50.7. The van der Waals surface area contributed by atoms with E-state index in [0.717, 1.165) is 0 Å². The van der Waals surface area contributed by atoms with Gasteiger partial charge in [0.1, 0.15) is 93.5 Å². The Morgan fingerprint density at radius 3 is 1.16 bits per heavy atom. The molecule has 0 aliphatic rings. The molecule has 0 amide bonds. The molecule has 0 aliphatic carbocycles. The van der Waals surface area contributed by atoms with Crippen molar-refractivity contribution in [2.45, 2.75) is 75.8 Å². The topological polar surface area (TPSA) is 285 Å². The van der Waals surface area contributed by atoms with Gasteiger partial charge in [0, 0.05) is 13.8 Å². The van der Waals surface area contributed by atoms with E-state index in [1.807, 2.05) is 0 Å². The molecular formula is C46H52N8O14S2. The minimum absolute atomic E-state index is 0.0900. The van der Waals surface area contributed by atoms with Crippen LogP contribution in [0.3, 0.4) is 0 Å². The number of oxazole rings is 2. The average Bonchev–Trinajstić information content (AvgIpc) is 4.23. The van der Waals surface area contributed by atoms with E-state index in [4.69, 9.17) is 36.6 Å². The Morgan fingerprint density at radius 2 is 0.886 bits per heavy atom. The van der Waals surface area contributed by atoms with Crippen molar-refractivity contribution in [1.29, 1.82) is 0 Å².